The van der Waals surface area contributed by atoms with Crippen LogP contribution < -0.4 is 5.32 Å². The molecule has 3 aromatic rings. The van der Waals surface area contributed by atoms with E-state index in [1.807, 2.05) is 20.8 Å². The van der Waals surface area contributed by atoms with E-state index in [-0.39, 0.29) is 35.2 Å². The van der Waals surface area contributed by atoms with Crippen LogP contribution in [0, 0.1) is 11.6 Å². The molecule has 0 aliphatic heterocycles. The van der Waals surface area contributed by atoms with E-state index in [9.17, 15) is 32.3 Å². The van der Waals surface area contributed by atoms with Crippen LogP contribution in [0.5, 0.6) is 0 Å². The van der Waals surface area contributed by atoms with E-state index < -0.39 is 46.2 Å². The summed E-state index contributed by atoms with van der Waals surface area (Å²) < 4.78 is 69.9. The number of amides is 1. The average Bonchev–Trinajstić information content (AvgIpc) is 3.46. The molecule has 0 saturated heterocycles. The van der Waals surface area contributed by atoms with E-state index in [1.165, 1.54) is 10.9 Å². The molecule has 1 aromatic heterocycles. The summed E-state index contributed by atoms with van der Waals surface area (Å²) >= 11 is 0. The average molecular weight is 536 g/mol. The van der Waals surface area contributed by atoms with Crippen LogP contribution in [-0.2, 0) is 21.8 Å². The van der Waals surface area contributed by atoms with Gasteiger partial charge in [0.1, 0.15) is 11.6 Å². The lowest BCUT2D eigenvalue weighted by atomic mass is 9.85. The van der Waals surface area contributed by atoms with Gasteiger partial charge in [0.2, 0.25) is 5.91 Å². The maximum atomic E-state index is 15.3. The molecular weight excluding hydrogens is 509 g/mol. The fraction of sp³-hybridized carbons (Fsp3) is 0.370. The molecule has 1 aliphatic carbocycles. The Morgan fingerprint density at radius 1 is 1.11 bits per heavy atom. The summed E-state index contributed by atoms with van der Waals surface area (Å²) in [6, 6.07) is 3.98. The molecule has 0 spiro atoms. The summed E-state index contributed by atoms with van der Waals surface area (Å²) in [5.41, 5.74) is -3.38. The number of benzene rings is 2. The number of carboxylic acid groups (broad SMARTS) is 1. The van der Waals surface area contributed by atoms with Crippen molar-refractivity contribution in [3.8, 4) is 5.69 Å². The smallest absolute Gasteiger partial charge is 0.416 e. The van der Waals surface area contributed by atoms with Crippen LogP contribution in [-0.4, -0.2) is 26.5 Å². The number of hydrogen-bond donors (Lipinski definition) is 2. The summed E-state index contributed by atoms with van der Waals surface area (Å²) in [6.45, 7) is 5.97. The van der Waals surface area contributed by atoms with Crippen molar-refractivity contribution < 1.29 is 36.6 Å². The number of aromatic nitrogens is 2. The van der Waals surface area contributed by atoms with E-state index >= 15 is 4.39 Å². The SMILES string of the molecule is CCCC(C)(C)c1cn(-c2c(F)cc(NC(=O)C3(c4ccc(C(F)(F)F)cc4F)CC3)cc2C(=O)O)cn1. The Morgan fingerprint density at radius 2 is 1.79 bits per heavy atom. The zero-order chi connectivity index (χ0) is 28.0. The minimum Gasteiger partial charge on any atom is -0.478 e. The number of carbonyl (C=O) groups excluding carboxylic acids is 1. The van der Waals surface area contributed by atoms with Gasteiger partial charge in [-0.15, -0.1) is 0 Å². The number of nitrogens with one attached hydrogen (secondary N) is 1. The highest BCUT2D eigenvalue weighted by Gasteiger charge is 2.53. The molecule has 202 valence electrons. The Morgan fingerprint density at radius 3 is 2.34 bits per heavy atom. The number of imidazole rings is 1. The first-order chi connectivity index (χ1) is 17.7. The minimum atomic E-state index is -4.74. The molecule has 0 atom stereocenters. The number of aromatic carboxylic acids is 1. The predicted molar refractivity (Wildman–Crippen MR) is 129 cm³/mol. The van der Waals surface area contributed by atoms with Crippen LogP contribution in [0.15, 0.2) is 42.9 Å². The number of carboxylic acids is 1. The number of anilines is 1. The zero-order valence-corrected chi connectivity index (χ0v) is 20.9. The van der Waals surface area contributed by atoms with Crippen molar-refractivity contribution >= 4 is 17.6 Å². The highest BCUT2D eigenvalue weighted by Crippen LogP contribution is 2.50. The minimum absolute atomic E-state index is 0.166. The number of nitrogens with zero attached hydrogens (tertiary/aromatic N) is 2. The number of alkyl halides is 3. The molecule has 1 fully saturated rings. The van der Waals surface area contributed by atoms with Gasteiger partial charge in [-0.05, 0) is 43.5 Å². The van der Waals surface area contributed by atoms with Crippen LogP contribution >= 0.6 is 0 Å². The molecule has 11 heteroatoms. The molecule has 4 rings (SSSR count). The summed E-state index contributed by atoms with van der Waals surface area (Å²) in [6.07, 6.45) is 0.170. The van der Waals surface area contributed by atoms with Gasteiger partial charge in [0.05, 0.1) is 34.3 Å². The monoisotopic (exact) mass is 535 g/mol. The molecule has 38 heavy (non-hydrogen) atoms. The molecule has 6 nitrogen and oxygen atoms in total. The van der Waals surface area contributed by atoms with E-state index in [0.717, 1.165) is 31.0 Å². The normalized spacial score (nSPS) is 14.8. The van der Waals surface area contributed by atoms with Gasteiger partial charge in [0, 0.05) is 22.9 Å². The summed E-state index contributed by atoms with van der Waals surface area (Å²) in [5, 5.41) is 12.2. The van der Waals surface area contributed by atoms with Gasteiger partial charge in [0.15, 0.2) is 0 Å². The molecule has 2 aromatic carbocycles. The third-order valence-electron chi connectivity index (χ3n) is 6.96. The first kappa shape index (κ1) is 27.3. The van der Waals surface area contributed by atoms with Crippen LogP contribution in [0.1, 0.15) is 73.6 Å². The lowest BCUT2D eigenvalue weighted by molar-refractivity contribution is -0.137. The second kappa shape index (κ2) is 9.52. The molecule has 1 aliphatic rings. The van der Waals surface area contributed by atoms with E-state index in [2.05, 4.69) is 10.3 Å². The summed E-state index contributed by atoms with van der Waals surface area (Å²) in [5.74, 6) is -4.34. The van der Waals surface area contributed by atoms with E-state index in [0.29, 0.717) is 17.8 Å². The first-order valence-corrected chi connectivity index (χ1v) is 12.0. The van der Waals surface area contributed by atoms with Crippen LogP contribution in [0.25, 0.3) is 5.69 Å². The highest BCUT2D eigenvalue weighted by atomic mass is 19.4. The Hall–Kier alpha value is -3.76. The molecule has 1 saturated carbocycles. The maximum absolute atomic E-state index is 15.3. The van der Waals surface area contributed by atoms with E-state index in [1.54, 1.807) is 6.20 Å². The van der Waals surface area contributed by atoms with Crippen LogP contribution in [0.3, 0.4) is 0 Å². The third kappa shape index (κ3) is 5.01. The molecule has 0 radical (unpaired) electrons. The molecule has 0 unspecified atom stereocenters. The van der Waals surface area contributed by atoms with Gasteiger partial charge >= 0.3 is 12.1 Å². The fourth-order valence-corrected chi connectivity index (χ4v) is 4.72. The largest absolute Gasteiger partial charge is 0.478 e. The van der Waals surface area contributed by atoms with Crippen molar-refractivity contribution in [3.05, 3.63) is 76.9 Å². The second-order valence-corrected chi connectivity index (χ2v) is 10.2. The Labute approximate surface area is 215 Å². The lowest BCUT2D eigenvalue weighted by Crippen LogP contribution is -2.29. The molecule has 1 heterocycles. The molecule has 1 amide bonds. The number of halogens is 5. The van der Waals surface area contributed by atoms with Gasteiger partial charge in [-0.25, -0.2) is 18.6 Å². The zero-order valence-electron chi connectivity index (χ0n) is 20.9. The molecule has 2 N–H and O–H groups in total. The second-order valence-electron chi connectivity index (χ2n) is 10.2. The fourth-order valence-electron chi connectivity index (χ4n) is 4.72. The van der Waals surface area contributed by atoms with Gasteiger partial charge in [0.25, 0.3) is 0 Å². The van der Waals surface area contributed by atoms with E-state index in [4.69, 9.17) is 0 Å². The summed E-state index contributed by atoms with van der Waals surface area (Å²) in [4.78, 5) is 29.4. The highest BCUT2D eigenvalue weighted by molar-refractivity contribution is 6.02. The molecular formula is C27H26F5N3O3. The number of hydrogen-bond acceptors (Lipinski definition) is 3. The quantitative estimate of drug-likeness (QED) is 0.318. The third-order valence-corrected chi connectivity index (χ3v) is 6.96. The predicted octanol–water partition coefficient (Wildman–Crippen LogP) is 6.62. The van der Waals surface area contributed by atoms with Gasteiger partial charge < -0.3 is 15.0 Å². The topological polar surface area (TPSA) is 84.2 Å². The lowest BCUT2D eigenvalue weighted by Gasteiger charge is -2.21. The molecule has 0 bridgehead atoms. The standard InChI is InChI=1S/C27H26F5N3O3/c1-4-7-25(2,3)21-13-35(14-33-21)22-17(23(36)37)11-16(12-20(22)29)34-24(38)26(8-9-26)18-6-5-15(10-19(18)28)27(30,31)32/h5-6,10-14H,4,7-9H2,1-3H3,(H,34,38)(H,36,37). The van der Waals surface area contributed by atoms with Gasteiger partial charge in [-0.2, -0.15) is 13.2 Å². The van der Waals surface area contributed by atoms with Crippen molar-refractivity contribution in [2.75, 3.05) is 5.32 Å². The Bertz CT molecular complexity index is 1410. The van der Waals surface area contributed by atoms with Crippen LogP contribution in [0.4, 0.5) is 27.6 Å². The van der Waals surface area contributed by atoms with Crippen molar-refractivity contribution in [1.29, 1.82) is 0 Å². The van der Waals surface area contributed by atoms with Gasteiger partial charge in [-0.3, -0.25) is 4.79 Å². The van der Waals surface area contributed by atoms with Crippen molar-refractivity contribution in [2.45, 2.75) is 63.5 Å². The number of rotatable bonds is 8. The van der Waals surface area contributed by atoms with Crippen LogP contribution in [0.2, 0.25) is 0 Å². The maximum Gasteiger partial charge on any atom is 0.416 e. The van der Waals surface area contributed by atoms with Gasteiger partial charge in [-0.1, -0.05) is 33.3 Å². The van der Waals surface area contributed by atoms with Crippen molar-refractivity contribution in [1.82, 2.24) is 9.55 Å². The Kier molecular flexibility index (Phi) is 6.83. The van der Waals surface area contributed by atoms with Crippen molar-refractivity contribution in [2.24, 2.45) is 0 Å². The number of carbonyl (C=O) groups is 2. The Balaban J connectivity index is 1.65. The van der Waals surface area contributed by atoms with Crippen molar-refractivity contribution in [3.63, 3.8) is 0 Å². The first-order valence-electron chi connectivity index (χ1n) is 12.0. The summed E-state index contributed by atoms with van der Waals surface area (Å²) in [7, 11) is 0.